The number of aromatic nitrogens is 4. The maximum atomic E-state index is 5.41. The fourth-order valence-electron chi connectivity index (χ4n) is 8.66. The summed E-state index contributed by atoms with van der Waals surface area (Å²) in [5.41, 5.74) is 15.2. The van der Waals surface area contributed by atoms with Gasteiger partial charge < -0.3 is 4.57 Å². The van der Waals surface area contributed by atoms with E-state index < -0.39 is 0 Å². The van der Waals surface area contributed by atoms with Crippen LogP contribution in [0.5, 0.6) is 0 Å². The first-order valence-corrected chi connectivity index (χ1v) is 20.3. The average molecular weight is 773 g/mol. The van der Waals surface area contributed by atoms with Crippen molar-refractivity contribution >= 4 is 62.3 Å². The van der Waals surface area contributed by atoms with Gasteiger partial charge >= 0.3 is 0 Å². The molecule has 0 amide bonds. The van der Waals surface area contributed by atoms with Crippen molar-refractivity contribution in [2.24, 2.45) is 0 Å². The first-order valence-electron chi connectivity index (χ1n) is 19.8. The molecule has 0 radical (unpaired) electrons. The van der Waals surface area contributed by atoms with Crippen molar-refractivity contribution in [3.8, 4) is 56.3 Å². The Bertz CT molecular complexity index is 3320. The molecule has 0 atom stereocenters. The normalized spacial score (nSPS) is 11.7. The number of hydrogen-bond donors (Lipinski definition) is 1. The molecule has 8 aromatic carbocycles. The molecule has 0 aliphatic rings. The Labute approximate surface area is 347 Å². The molecule has 0 saturated heterocycles. The molecule has 5 heteroatoms. The number of nitrogens with zero attached hydrogens (tertiary/aromatic N) is 4. The second-order valence-corrected chi connectivity index (χ2v) is 15.1. The van der Waals surface area contributed by atoms with E-state index in [9.17, 15) is 0 Å². The summed E-state index contributed by atoms with van der Waals surface area (Å²) in [6.07, 6.45) is 3.88. The smallest absolute Gasteiger partial charge is 0.235 e. The van der Waals surface area contributed by atoms with E-state index in [-0.39, 0.29) is 0 Å². The van der Waals surface area contributed by atoms with Crippen LogP contribution in [0.2, 0.25) is 0 Å². The van der Waals surface area contributed by atoms with Gasteiger partial charge in [0.25, 0.3) is 0 Å². The summed E-state index contributed by atoms with van der Waals surface area (Å²) in [6.45, 7) is 0. The number of hydrogen-bond acceptors (Lipinski definition) is 3. The quantitative estimate of drug-likeness (QED) is 0.164. The second kappa shape index (κ2) is 14.5. The van der Waals surface area contributed by atoms with Gasteiger partial charge in [-0.25, -0.2) is 9.97 Å². The number of benzene rings is 8. The van der Waals surface area contributed by atoms with Gasteiger partial charge in [-0.3, -0.25) is 4.57 Å². The molecule has 0 bridgehead atoms. The standard InChI is InChI=1S/C54H36N4S/c59-29-28-40-35-55-54(56-53(40)43-31-41(36-14-4-1-5-15-36)30-42(32-43)37-16-6-2-7-17-37)58-50-23-13-11-21-46(50)48-34-39(25-27-52(48)58)38-24-26-51-47(33-38)45-20-10-12-22-49(45)57(51)44-18-8-3-9-19-44/h1-35,59H/b29-28-. The van der Waals surface area contributed by atoms with Crippen molar-refractivity contribution in [3.63, 3.8) is 0 Å². The van der Waals surface area contributed by atoms with Crippen LogP contribution in [-0.2, 0) is 0 Å². The van der Waals surface area contributed by atoms with Gasteiger partial charge in [0.1, 0.15) is 0 Å². The Hall–Kier alpha value is -7.47. The summed E-state index contributed by atoms with van der Waals surface area (Å²) >= 11 is 4.48. The number of fused-ring (bicyclic) bond motifs is 6. The van der Waals surface area contributed by atoms with Gasteiger partial charge in [-0.15, -0.1) is 0 Å². The van der Waals surface area contributed by atoms with Gasteiger partial charge in [-0.05, 0) is 112 Å². The van der Waals surface area contributed by atoms with Crippen LogP contribution in [0.25, 0.3) is 106 Å². The van der Waals surface area contributed by atoms with Crippen molar-refractivity contribution in [1.29, 1.82) is 0 Å². The van der Waals surface area contributed by atoms with Crippen LogP contribution in [0.3, 0.4) is 0 Å². The summed E-state index contributed by atoms with van der Waals surface area (Å²) < 4.78 is 4.55. The molecule has 11 rings (SSSR count). The summed E-state index contributed by atoms with van der Waals surface area (Å²) in [4.78, 5) is 10.4. The van der Waals surface area contributed by atoms with E-state index in [0.717, 1.165) is 72.1 Å². The largest absolute Gasteiger partial charge is 0.309 e. The SMILES string of the molecule is S/C=C\c1cnc(-n2c3ccccc3c3cc(-c4ccc5c(c4)c4ccccc4n5-c4ccccc4)ccc32)nc1-c1cc(-c2ccccc2)cc(-c2ccccc2)c1. The fourth-order valence-corrected chi connectivity index (χ4v) is 8.82. The molecule has 0 fully saturated rings. The van der Waals surface area contributed by atoms with Gasteiger partial charge in [0.15, 0.2) is 0 Å². The lowest BCUT2D eigenvalue weighted by Crippen LogP contribution is -2.03. The molecule has 0 unspecified atom stereocenters. The lowest BCUT2D eigenvalue weighted by Gasteiger charge is -2.14. The molecule has 0 N–H and O–H groups in total. The van der Waals surface area contributed by atoms with Crippen LogP contribution in [0, 0.1) is 0 Å². The fraction of sp³-hybridized carbons (Fsp3) is 0. The van der Waals surface area contributed by atoms with Crippen molar-refractivity contribution in [1.82, 2.24) is 19.1 Å². The molecule has 0 aliphatic carbocycles. The molecule has 4 nitrogen and oxygen atoms in total. The third-order valence-corrected chi connectivity index (χ3v) is 11.5. The predicted molar refractivity (Wildman–Crippen MR) is 250 cm³/mol. The van der Waals surface area contributed by atoms with Crippen LogP contribution in [0.15, 0.2) is 206 Å². The van der Waals surface area contributed by atoms with Crippen molar-refractivity contribution in [2.75, 3.05) is 0 Å². The van der Waals surface area contributed by atoms with Gasteiger partial charge in [-0.1, -0.05) is 127 Å². The van der Waals surface area contributed by atoms with Gasteiger partial charge in [0.2, 0.25) is 5.95 Å². The number of thiol groups is 1. The first-order chi connectivity index (χ1) is 29.2. The van der Waals surface area contributed by atoms with Crippen molar-refractivity contribution < 1.29 is 0 Å². The Morgan fingerprint density at radius 3 is 1.44 bits per heavy atom. The maximum Gasteiger partial charge on any atom is 0.235 e. The molecule has 278 valence electrons. The summed E-state index contributed by atoms with van der Waals surface area (Å²) in [7, 11) is 0. The van der Waals surface area contributed by atoms with Crippen LogP contribution in [0.1, 0.15) is 5.56 Å². The van der Waals surface area contributed by atoms with Crippen molar-refractivity contribution in [2.45, 2.75) is 0 Å². The summed E-state index contributed by atoms with van der Waals surface area (Å²) in [5, 5.41) is 6.51. The topological polar surface area (TPSA) is 35.6 Å². The van der Waals surface area contributed by atoms with E-state index in [0.29, 0.717) is 5.95 Å². The van der Waals surface area contributed by atoms with Crippen LogP contribution >= 0.6 is 12.6 Å². The lowest BCUT2D eigenvalue weighted by molar-refractivity contribution is 0.989. The molecule has 0 spiro atoms. The lowest BCUT2D eigenvalue weighted by atomic mass is 9.94. The number of para-hydroxylation sites is 3. The third-order valence-electron chi connectivity index (χ3n) is 11.4. The molecule has 0 saturated carbocycles. The minimum absolute atomic E-state index is 0.608. The van der Waals surface area contributed by atoms with Crippen LogP contribution in [0.4, 0.5) is 0 Å². The van der Waals surface area contributed by atoms with E-state index >= 15 is 0 Å². The second-order valence-electron chi connectivity index (χ2n) is 14.8. The van der Waals surface area contributed by atoms with Gasteiger partial charge in [0.05, 0.1) is 27.8 Å². The number of rotatable bonds is 7. The minimum atomic E-state index is 0.608. The zero-order valence-corrected chi connectivity index (χ0v) is 32.8. The van der Waals surface area contributed by atoms with E-state index in [2.05, 4.69) is 216 Å². The highest BCUT2D eigenvalue weighted by Gasteiger charge is 2.19. The predicted octanol–water partition coefficient (Wildman–Crippen LogP) is 14.2. The highest BCUT2D eigenvalue weighted by atomic mass is 32.1. The van der Waals surface area contributed by atoms with E-state index in [1.54, 1.807) is 5.41 Å². The molecule has 3 aromatic heterocycles. The molecule has 0 aliphatic heterocycles. The molecule has 59 heavy (non-hydrogen) atoms. The monoisotopic (exact) mass is 772 g/mol. The average Bonchev–Trinajstić information content (AvgIpc) is 3.82. The Morgan fingerprint density at radius 1 is 0.390 bits per heavy atom. The zero-order chi connectivity index (χ0) is 39.3. The minimum Gasteiger partial charge on any atom is -0.309 e. The van der Waals surface area contributed by atoms with Gasteiger partial charge in [-0.2, -0.15) is 12.6 Å². The summed E-state index contributed by atoms with van der Waals surface area (Å²) in [5.74, 6) is 0.608. The Kier molecular flexibility index (Phi) is 8.53. The third kappa shape index (κ3) is 6.03. The van der Waals surface area contributed by atoms with E-state index in [1.807, 2.05) is 12.3 Å². The van der Waals surface area contributed by atoms with Gasteiger partial charge in [0, 0.05) is 44.6 Å². The van der Waals surface area contributed by atoms with Crippen LogP contribution in [-0.4, -0.2) is 19.1 Å². The maximum absolute atomic E-state index is 5.41. The first kappa shape index (κ1) is 34.8. The Morgan fingerprint density at radius 2 is 0.864 bits per heavy atom. The van der Waals surface area contributed by atoms with E-state index in [1.165, 1.54) is 27.4 Å². The highest BCUT2D eigenvalue weighted by molar-refractivity contribution is 7.83. The zero-order valence-electron chi connectivity index (χ0n) is 31.9. The molecule has 11 aromatic rings. The Balaban J connectivity index is 1.08. The van der Waals surface area contributed by atoms with E-state index in [4.69, 9.17) is 9.97 Å². The highest BCUT2D eigenvalue weighted by Crippen LogP contribution is 2.39. The molecular weight excluding hydrogens is 737 g/mol. The molecule has 3 heterocycles. The van der Waals surface area contributed by atoms with Crippen molar-refractivity contribution in [3.05, 3.63) is 211 Å². The van der Waals surface area contributed by atoms with Crippen LogP contribution < -0.4 is 0 Å². The summed E-state index contributed by atoms with van der Waals surface area (Å²) in [6, 6.07) is 69.2. The molecular formula is C54H36N4S.